The molecule has 0 aromatic carbocycles. The molecule has 1 aliphatic heterocycles. The van der Waals surface area contributed by atoms with E-state index in [9.17, 15) is 4.79 Å². The quantitative estimate of drug-likeness (QED) is 0.596. The molecule has 98 valence electrons. The Hall–Kier alpha value is -1.40. The standard InChI is InChI=1S/C11H14ClN3O3/c1-7-6-17-4-3-15(7)9-5-10(18-8(2)16)14-11(12)13-9/h5,7H,3-4,6H2,1-2H3/t7-/m0/s1. The molecule has 6 nitrogen and oxygen atoms in total. The molecule has 0 unspecified atom stereocenters. The third kappa shape index (κ3) is 3.08. The lowest BCUT2D eigenvalue weighted by atomic mass is 10.2. The zero-order valence-electron chi connectivity index (χ0n) is 10.2. The third-order valence-corrected chi connectivity index (χ3v) is 2.74. The first-order chi connectivity index (χ1) is 8.56. The van der Waals surface area contributed by atoms with Crippen LogP contribution in [0.3, 0.4) is 0 Å². The van der Waals surface area contributed by atoms with Gasteiger partial charge in [0, 0.05) is 19.5 Å². The van der Waals surface area contributed by atoms with E-state index in [4.69, 9.17) is 21.1 Å². The summed E-state index contributed by atoms with van der Waals surface area (Å²) in [5.74, 6) is 0.365. The van der Waals surface area contributed by atoms with Crippen LogP contribution in [0.5, 0.6) is 5.88 Å². The van der Waals surface area contributed by atoms with E-state index in [-0.39, 0.29) is 17.2 Å². The molecule has 1 saturated heterocycles. The number of carbonyl (C=O) groups excluding carboxylic acids is 1. The van der Waals surface area contributed by atoms with Gasteiger partial charge in [-0.25, -0.2) is 4.98 Å². The zero-order valence-corrected chi connectivity index (χ0v) is 11.0. The van der Waals surface area contributed by atoms with E-state index in [0.717, 1.165) is 0 Å². The van der Waals surface area contributed by atoms with Crippen LogP contribution in [-0.2, 0) is 9.53 Å². The van der Waals surface area contributed by atoms with Crippen molar-refractivity contribution < 1.29 is 14.3 Å². The van der Waals surface area contributed by atoms with Crippen LogP contribution in [0.4, 0.5) is 5.82 Å². The molecule has 1 fully saturated rings. The number of esters is 1. The molecular formula is C11H14ClN3O3. The van der Waals surface area contributed by atoms with Crippen molar-refractivity contribution in [1.29, 1.82) is 0 Å². The molecule has 2 heterocycles. The molecule has 1 atom stereocenters. The molecule has 2 rings (SSSR count). The summed E-state index contributed by atoms with van der Waals surface area (Å²) >= 11 is 5.83. The second-order valence-electron chi connectivity index (χ2n) is 4.04. The van der Waals surface area contributed by atoms with E-state index < -0.39 is 5.97 Å². The van der Waals surface area contributed by atoms with Gasteiger partial charge in [-0.15, -0.1) is 0 Å². The number of nitrogens with zero attached hydrogens (tertiary/aromatic N) is 3. The number of rotatable bonds is 2. The van der Waals surface area contributed by atoms with E-state index >= 15 is 0 Å². The normalized spacial score (nSPS) is 19.7. The van der Waals surface area contributed by atoms with Crippen LogP contribution < -0.4 is 9.64 Å². The Labute approximate surface area is 110 Å². The van der Waals surface area contributed by atoms with Crippen LogP contribution in [0.25, 0.3) is 0 Å². The van der Waals surface area contributed by atoms with Gasteiger partial charge >= 0.3 is 5.97 Å². The molecule has 0 amide bonds. The molecular weight excluding hydrogens is 258 g/mol. The van der Waals surface area contributed by atoms with Crippen molar-refractivity contribution in [2.24, 2.45) is 0 Å². The number of carbonyl (C=O) groups is 1. The van der Waals surface area contributed by atoms with E-state index in [2.05, 4.69) is 9.97 Å². The molecule has 0 saturated carbocycles. The van der Waals surface area contributed by atoms with Gasteiger partial charge in [-0.3, -0.25) is 4.79 Å². The second-order valence-corrected chi connectivity index (χ2v) is 4.38. The van der Waals surface area contributed by atoms with E-state index in [1.807, 2.05) is 11.8 Å². The number of hydrogen-bond donors (Lipinski definition) is 0. The predicted octanol–water partition coefficient (Wildman–Crippen LogP) is 1.28. The number of ether oxygens (including phenoxy) is 2. The lowest BCUT2D eigenvalue weighted by Crippen LogP contribution is -2.44. The summed E-state index contributed by atoms with van der Waals surface area (Å²) in [6.45, 7) is 5.32. The van der Waals surface area contributed by atoms with Crippen molar-refractivity contribution in [3.05, 3.63) is 11.3 Å². The minimum Gasteiger partial charge on any atom is -0.407 e. The van der Waals surface area contributed by atoms with Crippen molar-refractivity contribution in [3.8, 4) is 5.88 Å². The molecule has 18 heavy (non-hydrogen) atoms. The Bertz CT molecular complexity index is 455. The van der Waals surface area contributed by atoms with Crippen LogP contribution in [0, 0.1) is 0 Å². The minimum atomic E-state index is -0.439. The number of anilines is 1. The van der Waals surface area contributed by atoms with Crippen molar-refractivity contribution in [3.63, 3.8) is 0 Å². The highest BCUT2D eigenvalue weighted by Crippen LogP contribution is 2.23. The van der Waals surface area contributed by atoms with Crippen LogP contribution in [0.2, 0.25) is 5.28 Å². The monoisotopic (exact) mass is 271 g/mol. The molecule has 0 spiro atoms. The van der Waals surface area contributed by atoms with Gasteiger partial charge < -0.3 is 14.4 Å². The Morgan fingerprint density at radius 1 is 1.61 bits per heavy atom. The Kier molecular flexibility index (Phi) is 3.98. The fraction of sp³-hybridized carbons (Fsp3) is 0.545. The first-order valence-corrected chi connectivity index (χ1v) is 6.01. The van der Waals surface area contributed by atoms with Gasteiger partial charge in [0.2, 0.25) is 11.2 Å². The zero-order chi connectivity index (χ0) is 13.1. The van der Waals surface area contributed by atoms with Crippen LogP contribution >= 0.6 is 11.6 Å². The summed E-state index contributed by atoms with van der Waals surface area (Å²) in [5.41, 5.74) is 0. The van der Waals surface area contributed by atoms with Gasteiger partial charge in [0.15, 0.2) is 0 Å². The maximum Gasteiger partial charge on any atom is 0.309 e. The molecule has 1 aromatic rings. The molecule has 0 N–H and O–H groups in total. The SMILES string of the molecule is CC(=O)Oc1cc(N2CCOC[C@@H]2C)nc(Cl)n1. The maximum atomic E-state index is 10.9. The van der Waals surface area contributed by atoms with E-state index in [1.165, 1.54) is 6.92 Å². The lowest BCUT2D eigenvalue weighted by molar-refractivity contribution is -0.132. The minimum absolute atomic E-state index is 0.0578. The van der Waals surface area contributed by atoms with Gasteiger partial charge in [0.25, 0.3) is 0 Å². The number of halogens is 1. The lowest BCUT2D eigenvalue weighted by Gasteiger charge is -2.34. The van der Waals surface area contributed by atoms with Gasteiger partial charge in [0.1, 0.15) is 5.82 Å². The fourth-order valence-corrected chi connectivity index (χ4v) is 1.97. The van der Waals surface area contributed by atoms with Crippen molar-refractivity contribution in [1.82, 2.24) is 9.97 Å². The first-order valence-electron chi connectivity index (χ1n) is 5.63. The molecule has 1 aromatic heterocycles. The summed E-state index contributed by atoms with van der Waals surface area (Å²) < 4.78 is 10.3. The summed E-state index contributed by atoms with van der Waals surface area (Å²) in [5, 5.41) is 0.0578. The van der Waals surface area contributed by atoms with Gasteiger partial charge in [-0.2, -0.15) is 4.98 Å². The highest BCUT2D eigenvalue weighted by Gasteiger charge is 2.21. The van der Waals surface area contributed by atoms with Gasteiger partial charge in [-0.1, -0.05) is 0 Å². The van der Waals surface area contributed by atoms with Crippen molar-refractivity contribution in [2.45, 2.75) is 19.9 Å². The summed E-state index contributed by atoms with van der Waals surface area (Å²) in [6.07, 6.45) is 0. The summed E-state index contributed by atoms with van der Waals surface area (Å²) in [4.78, 5) is 21.0. The summed E-state index contributed by atoms with van der Waals surface area (Å²) in [7, 11) is 0. The van der Waals surface area contributed by atoms with E-state index in [1.54, 1.807) is 6.07 Å². The molecule has 7 heteroatoms. The number of aromatic nitrogens is 2. The number of morpholine rings is 1. The topological polar surface area (TPSA) is 64.5 Å². The van der Waals surface area contributed by atoms with Crippen LogP contribution in [0.1, 0.15) is 13.8 Å². The van der Waals surface area contributed by atoms with Gasteiger partial charge in [0.05, 0.1) is 19.3 Å². The average Bonchev–Trinajstić information content (AvgIpc) is 2.27. The average molecular weight is 272 g/mol. The maximum absolute atomic E-state index is 10.9. The van der Waals surface area contributed by atoms with Gasteiger partial charge in [-0.05, 0) is 18.5 Å². The van der Waals surface area contributed by atoms with Crippen LogP contribution in [0.15, 0.2) is 6.07 Å². The predicted molar refractivity (Wildman–Crippen MR) is 66.0 cm³/mol. The highest BCUT2D eigenvalue weighted by atomic mass is 35.5. The number of hydrogen-bond acceptors (Lipinski definition) is 6. The first kappa shape index (κ1) is 13.0. The molecule has 0 bridgehead atoms. The largest absolute Gasteiger partial charge is 0.407 e. The molecule has 0 aliphatic carbocycles. The third-order valence-electron chi connectivity index (χ3n) is 2.57. The second kappa shape index (κ2) is 5.49. The Morgan fingerprint density at radius 3 is 3.06 bits per heavy atom. The molecule has 1 aliphatic rings. The summed E-state index contributed by atoms with van der Waals surface area (Å²) in [6, 6.07) is 1.80. The van der Waals surface area contributed by atoms with E-state index in [0.29, 0.717) is 25.6 Å². The fourth-order valence-electron chi connectivity index (χ4n) is 1.80. The smallest absolute Gasteiger partial charge is 0.309 e. The van der Waals surface area contributed by atoms with Crippen LogP contribution in [-0.4, -0.2) is 41.7 Å². The van der Waals surface area contributed by atoms with Crippen molar-refractivity contribution in [2.75, 3.05) is 24.7 Å². The highest BCUT2D eigenvalue weighted by molar-refractivity contribution is 6.28. The van der Waals surface area contributed by atoms with Crippen molar-refractivity contribution >= 4 is 23.4 Å². The Balaban J connectivity index is 2.26. The molecule has 0 radical (unpaired) electrons. The Morgan fingerprint density at radius 2 is 2.39 bits per heavy atom.